The van der Waals surface area contributed by atoms with E-state index in [2.05, 4.69) is 15.2 Å². The molecule has 7 heteroatoms. The molecule has 2 heterocycles. The molecule has 3 rings (SSSR count). The van der Waals surface area contributed by atoms with Gasteiger partial charge in [-0.1, -0.05) is 0 Å². The lowest BCUT2D eigenvalue weighted by Crippen LogP contribution is -2.06. The van der Waals surface area contributed by atoms with Crippen LogP contribution in [-0.4, -0.2) is 19.7 Å². The maximum absolute atomic E-state index is 13.5. The van der Waals surface area contributed by atoms with E-state index in [0.717, 1.165) is 12.1 Å². The quantitative estimate of drug-likeness (QED) is 0.735. The van der Waals surface area contributed by atoms with Gasteiger partial charge in [-0.3, -0.25) is 0 Å². The summed E-state index contributed by atoms with van der Waals surface area (Å²) in [5, 5.41) is 7.82. The lowest BCUT2D eigenvalue weighted by molar-refractivity contribution is 0.146. The Hall–Kier alpha value is -2.70. The molecule has 4 nitrogen and oxygen atoms in total. The van der Waals surface area contributed by atoms with Crippen LogP contribution >= 0.6 is 0 Å². The normalized spacial score (nSPS) is 11.2. The van der Waals surface area contributed by atoms with Crippen LogP contribution in [0, 0.1) is 12.7 Å². The molecule has 0 aliphatic carbocycles. The molecule has 3 aromatic rings. The van der Waals surface area contributed by atoms with Crippen molar-refractivity contribution in [2.45, 2.75) is 19.9 Å². The second kappa shape index (κ2) is 6.20. The Bertz CT molecular complexity index is 815. The topological polar surface area (TPSA) is 43.6 Å². The Morgan fingerprint density at radius 2 is 2.04 bits per heavy atom. The van der Waals surface area contributed by atoms with Crippen molar-refractivity contribution in [2.24, 2.45) is 0 Å². The van der Waals surface area contributed by atoms with E-state index in [1.165, 1.54) is 6.07 Å². The van der Waals surface area contributed by atoms with E-state index in [-0.39, 0.29) is 0 Å². The minimum atomic E-state index is -2.87. The van der Waals surface area contributed by atoms with E-state index < -0.39 is 17.8 Å². The molecule has 0 saturated heterocycles. The fraction of sp³-hybridized carbons (Fsp3) is 0.188. The van der Waals surface area contributed by atoms with E-state index in [0.29, 0.717) is 29.3 Å². The minimum Gasteiger partial charge on any atom is -0.322 e. The molecule has 23 heavy (non-hydrogen) atoms. The van der Waals surface area contributed by atoms with Crippen molar-refractivity contribution in [3.63, 3.8) is 0 Å². The van der Waals surface area contributed by atoms with Gasteiger partial charge in [0.1, 0.15) is 11.6 Å². The number of rotatable bonds is 4. The predicted octanol–water partition coefficient (Wildman–Crippen LogP) is 3.77. The molecule has 0 amide bonds. The predicted molar refractivity (Wildman–Crippen MR) is 78.4 cm³/mol. The molecule has 0 unspecified atom stereocenters. The number of aromatic nitrogens is 4. The fourth-order valence-corrected chi connectivity index (χ4v) is 2.35. The number of hydrogen-bond acceptors (Lipinski definition) is 3. The third-order valence-electron chi connectivity index (χ3n) is 3.53. The van der Waals surface area contributed by atoms with E-state index in [1.807, 2.05) is 10.6 Å². The molecule has 0 N–H and O–H groups in total. The van der Waals surface area contributed by atoms with Crippen LogP contribution in [0.1, 0.15) is 23.5 Å². The molecule has 0 aliphatic rings. The van der Waals surface area contributed by atoms with Crippen LogP contribution < -0.4 is 0 Å². The van der Waals surface area contributed by atoms with E-state index >= 15 is 0 Å². The van der Waals surface area contributed by atoms with Gasteiger partial charge in [-0.25, -0.2) is 18.2 Å². The van der Waals surface area contributed by atoms with Crippen LogP contribution in [0.25, 0.3) is 11.3 Å². The molecular weight excluding hydrogens is 305 g/mol. The maximum atomic E-state index is 13.5. The van der Waals surface area contributed by atoms with Crippen molar-refractivity contribution in [2.75, 3.05) is 0 Å². The summed E-state index contributed by atoms with van der Waals surface area (Å²) in [6.45, 7) is 2.20. The standard InChI is InChI=1S/C16H13F3N4/c1-10-20-8-15(23(10)9-12-3-2-6-21-22-12)11-4-5-14(17)13(7-11)16(18)19/h2-8,16H,9H2,1H3. The first-order chi connectivity index (χ1) is 11.1. The van der Waals surface area contributed by atoms with E-state index in [4.69, 9.17) is 0 Å². The number of imidazole rings is 1. The van der Waals surface area contributed by atoms with Gasteiger partial charge in [-0.2, -0.15) is 10.2 Å². The van der Waals surface area contributed by atoms with Crippen LogP contribution in [-0.2, 0) is 6.54 Å². The molecule has 1 aromatic carbocycles. The van der Waals surface area contributed by atoms with Crippen LogP contribution in [0.3, 0.4) is 0 Å². The number of halogens is 3. The molecular formula is C16H13F3N4. The lowest BCUT2D eigenvalue weighted by Gasteiger charge is -2.11. The number of nitrogens with zero attached hydrogens (tertiary/aromatic N) is 4. The smallest absolute Gasteiger partial charge is 0.266 e. The van der Waals surface area contributed by atoms with Crippen LogP contribution in [0.5, 0.6) is 0 Å². The third kappa shape index (κ3) is 3.08. The van der Waals surface area contributed by atoms with E-state index in [9.17, 15) is 13.2 Å². The highest BCUT2D eigenvalue weighted by Gasteiger charge is 2.17. The Morgan fingerprint density at radius 3 is 2.74 bits per heavy atom. The van der Waals surface area contributed by atoms with Crippen molar-refractivity contribution < 1.29 is 13.2 Å². The van der Waals surface area contributed by atoms with Crippen molar-refractivity contribution in [1.82, 2.24) is 19.7 Å². The molecule has 0 spiro atoms. The van der Waals surface area contributed by atoms with Crippen molar-refractivity contribution in [1.29, 1.82) is 0 Å². The fourth-order valence-electron chi connectivity index (χ4n) is 2.35. The van der Waals surface area contributed by atoms with Crippen LogP contribution in [0.2, 0.25) is 0 Å². The summed E-state index contributed by atoms with van der Waals surface area (Å²) in [5.74, 6) is -0.214. The zero-order valence-corrected chi connectivity index (χ0v) is 12.2. The molecule has 0 fully saturated rings. The summed E-state index contributed by atoms with van der Waals surface area (Å²) in [4.78, 5) is 4.22. The lowest BCUT2D eigenvalue weighted by atomic mass is 10.1. The van der Waals surface area contributed by atoms with Gasteiger partial charge < -0.3 is 4.57 Å². The average Bonchev–Trinajstić information content (AvgIpc) is 2.90. The van der Waals surface area contributed by atoms with Crippen molar-refractivity contribution >= 4 is 0 Å². The summed E-state index contributed by atoms with van der Waals surface area (Å²) in [6.07, 6.45) is 0.279. The van der Waals surface area contributed by atoms with Gasteiger partial charge in [0.2, 0.25) is 0 Å². The minimum absolute atomic E-state index is 0.399. The molecule has 0 aliphatic heterocycles. The summed E-state index contributed by atoms with van der Waals surface area (Å²) in [7, 11) is 0. The van der Waals surface area contributed by atoms with Gasteiger partial charge in [-0.05, 0) is 37.3 Å². The van der Waals surface area contributed by atoms with Gasteiger partial charge in [0.25, 0.3) is 6.43 Å². The number of benzene rings is 1. The highest BCUT2D eigenvalue weighted by atomic mass is 19.3. The molecule has 0 saturated carbocycles. The highest BCUT2D eigenvalue weighted by Crippen LogP contribution is 2.28. The third-order valence-corrected chi connectivity index (χ3v) is 3.53. The largest absolute Gasteiger partial charge is 0.322 e. The van der Waals surface area contributed by atoms with Crippen LogP contribution in [0.15, 0.2) is 42.7 Å². The number of alkyl halides is 2. The molecule has 0 radical (unpaired) electrons. The molecule has 118 valence electrons. The van der Waals surface area contributed by atoms with Gasteiger partial charge in [0.05, 0.1) is 29.7 Å². The monoisotopic (exact) mass is 318 g/mol. The van der Waals surface area contributed by atoms with Crippen molar-refractivity contribution in [3.05, 3.63) is 65.6 Å². The second-order valence-electron chi connectivity index (χ2n) is 5.03. The van der Waals surface area contributed by atoms with Crippen molar-refractivity contribution in [3.8, 4) is 11.3 Å². The number of aryl methyl sites for hydroxylation is 1. The number of hydrogen-bond donors (Lipinski definition) is 0. The first-order valence-corrected chi connectivity index (χ1v) is 6.93. The first-order valence-electron chi connectivity index (χ1n) is 6.93. The summed E-state index contributed by atoms with van der Waals surface area (Å²) >= 11 is 0. The molecule has 0 bridgehead atoms. The van der Waals surface area contributed by atoms with E-state index in [1.54, 1.807) is 25.4 Å². The SMILES string of the molecule is Cc1ncc(-c2ccc(F)c(C(F)F)c2)n1Cc1cccnn1. The Kier molecular flexibility index (Phi) is 4.10. The zero-order chi connectivity index (χ0) is 16.4. The first kappa shape index (κ1) is 15.2. The summed E-state index contributed by atoms with van der Waals surface area (Å²) in [5.41, 5.74) is 1.19. The van der Waals surface area contributed by atoms with Gasteiger partial charge in [0, 0.05) is 11.8 Å². The summed E-state index contributed by atoms with van der Waals surface area (Å²) in [6, 6.07) is 7.24. The highest BCUT2D eigenvalue weighted by molar-refractivity contribution is 5.61. The Labute approximate surface area is 130 Å². The zero-order valence-electron chi connectivity index (χ0n) is 12.2. The Balaban J connectivity index is 2.03. The van der Waals surface area contributed by atoms with Gasteiger partial charge in [-0.15, -0.1) is 0 Å². The van der Waals surface area contributed by atoms with Gasteiger partial charge in [0.15, 0.2) is 0 Å². The van der Waals surface area contributed by atoms with Gasteiger partial charge >= 0.3 is 0 Å². The second-order valence-corrected chi connectivity index (χ2v) is 5.03. The Morgan fingerprint density at radius 1 is 1.22 bits per heavy atom. The molecule has 2 aromatic heterocycles. The average molecular weight is 318 g/mol. The van der Waals surface area contributed by atoms with Crippen LogP contribution in [0.4, 0.5) is 13.2 Å². The molecule has 0 atom stereocenters. The maximum Gasteiger partial charge on any atom is 0.266 e. The summed E-state index contributed by atoms with van der Waals surface area (Å²) < 4.78 is 41.1.